The van der Waals surface area contributed by atoms with Gasteiger partial charge in [0.1, 0.15) is 9.67 Å². The van der Waals surface area contributed by atoms with Crippen LogP contribution < -0.4 is 0 Å². The fraction of sp³-hybridized carbons (Fsp3) is 0.143. The third kappa shape index (κ3) is 3.97. The van der Waals surface area contributed by atoms with Gasteiger partial charge in [0, 0.05) is 11.2 Å². The molecule has 0 fully saturated rings. The van der Waals surface area contributed by atoms with Crippen molar-refractivity contribution in [2.24, 2.45) is 0 Å². The van der Waals surface area contributed by atoms with Crippen molar-refractivity contribution in [2.75, 3.05) is 0 Å². The van der Waals surface area contributed by atoms with Crippen LogP contribution in [0.4, 0.5) is 0 Å². The second kappa shape index (κ2) is 7.26. The van der Waals surface area contributed by atoms with E-state index in [1.54, 1.807) is 48.5 Å². The first kappa shape index (κ1) is 16.3. The molecule has 0 aliphatic rings. The molecule has 2 rings (SSSR count). The van der Waals surface area contributed by atoms with Crippen LogP contribution in [-0.4, -0.2) is 4.55 Å². The molecule has 0 bridgehead atoms. The minimum Gasteiger partial charge on any atom is -0.606 e. The van der Waals surface area contributed by atoms with Crippen LogP contribution in [0.1, 0.15) is 20.8 Å². The first-order chi connectivity index (χ1) is 9.49. The number of hydrogen-bond acceptors (Lipinski definition) is 1. The minimum atomic E-state index is -1.26. The largest absolute Gasteiger partial charge is 0.606 e. The molecule has 2 aromatic rings. The molecule has 0 saturated carbocycles. The van der Waals surface area contributed by atoms with Crippen molar-refractivity contribution < 1.29 is 4.55 Å². The third-order valence-corrected chi connectivity index (χ3v) is 5.10. The molecule has 0 heterocycles. The summed E-state index contributed by atoms with van der Waals surface area (Å²) in [6, 6.07) is 14.1. The molecule has 6 heteroatoms. The van der Waals surface area contributed by atoms with Gasteiger partial charge in [-0.3, -0.25) is 0 Å². The molecule has 0 N–H and O–H groups in total. The molecule has 0 aliphatic carbocycles. The fourth-order valence-electron chi connectivity index (χ4n) is 1.61. The Morgan fingerprint density at radius 1 is 0.650 bits per heavy atom. The Kier molecular flexibility index (Phi) is 5.91. The monoisotopic (exact) mass is 366 g/mol. The van der Waals surface area contributed by atoms with Gasteiger partial charge in [-0.05, 0) is 35.4 Å². The summed E-state index contributed by atoms with van der Waals surface area (Å²) in [5.41, 5.74) is 1.55. The smallest absolute Gasteiger partial charge is 0.158 e. The maximum absolute atomic E-state index is 12.4. The van der Waals surface area contributed by atoms with E-state index < -0.39 is 20.8 Å². The van der Waals surface area contributed by atoms with Crippen LogP contribution in [0.15, 0.2) is 58.3 Å². The van der Waals surface area contributed by atoms with Crippen molar-refractivity contribution in [3.8, 4) is 0 Å². The summed E-state index contributed by atoms with van der Waals surface area (Å²) >= 11 is 21.8. The van der Waals surface area contributed by atoms with E-state index >= 15 is 0 Å². The number of halogens is 4. The molecule has 20 heavy (non-hydrogen) atoms. The predicted octanol–water partition coefficient (Wildman–Crippen LogP) is 5.81. The Morgan fingerprint density at radius 3 is 1.20 bits per heavy atom. The first-order valence-electron chi connectivity index (χ1n) is 5.67. The fourth-order valence-corrected chi connectivity index (χ4v) is 3.23. The van der Waals surface area contributed by atoms with Crippen molar-refractivity contribution >= 4 is 57.6 Å². The van der Waals surface area contributed by atoms with Crippen molar-refractivity contribution in [1.82, 2.24) is 0 Å². The lowest BCUT2D eigenvalue weighted by atomic mass is 10.2. The summed E-state index contributed by atoms with van der Waals surface area (Å²) in [6.07, 6.45) is 0. The maximum atomic E-state index is 12.4. The average molecular weight is 368 g/mol. The molecule has 1 nitrogen and oxygen atoms in total. The van der Waals surface area contributed by atoms with Gasteiger partial charge in [-0.2, -0.15) is 0 Å². The number of alkyl halides is 4. The average Bonchev–Trinajstić information content (AvgIpc) is 2.46. The van der Waals surface area contributed by atoms with Crippen LogP contribution >= 0.6 is 46.4 Å². The molecular weight excluding hydrogens is 358 g/mol. The van der Waals surface area contributed by atoms with Crippen LogP contribution in [0.2, 0.25) is 0 Å². The Labute approximate surface area is 141 Å². The van der Waals surface area contributed by atoms with Crippen molar-refractivity contribution in [2.45, 2.75) is 19.5 Å². The van der Waals surface area contributed by atoms with Crippen LogP contribution in [0.25, 0.3) is 0 Å². The molecule has 0 atom stereocenters. The second-order valence-corrected chi connectivity index (χ2v) is 7.68. The second-order valence-electron chi connectivity index (χ2n) is 4.01. The van der Waals surface area contributed by atoms with E-state index in [0.29, 0.717) is 9.79 Å². The maximum Gasteiger partial charge on any atom is 0.158 e. The summed E-state index contributed by atoms with van der Waals surface area (Å²) in [7, 11) is 0. The predicted molar refractivity (Wildman–Crippen MR) is 86.5 cm³/mol. The van der Waals surface area contributed by atoms with E-state index in [1.165, 1.54) is 0 Å². The lowest BCUT2D eigenvalue weighted by Crippen LogP contribution is -2.02. The first-order valence-corrected chi connectivity index (χ1v) is 8.56. The Morgan fingerprint density at radius 2 is 0.950 bits per heavy atom. The van der Waals surface area contributed by atoms with Crippen LogP contribution in [0.5, 0.6) is 0 Å². The summed E-state index contributed by atoms with van der Waals surface area (Å²) in [4.78, 5) is 0.204. The molecule has 0 saturated heterocycles. The summed E-state index contributed by atoms with van der Waals surface area (Å²) in [5.74, 6) is 0. The van der Waals surface area contributed by atoms with Gasteiger partial charge >= 0.3 is 0 Å². The van der Waals surface area contributed by atoms with Gasteiger partial charge in [-0.25, -0.2) is 0 Å². The Hall–Kier alpha value is -0.0900. The van der Waals surface area contributed by atoms with Gasteiger partial charge in [-0.15, -0.1) is 46.4 Å². The van der Waals surface area contributed by atoms with Crippen molar-refractivity contribution in [3.05, 3.63) is 59.7 Å². The molecule has 106 valence electrons. The zero-order valence-electron chi connectivity index (χ0n) is 10.1. The molecule has 0 amide bonds. The van der Waals surface area contributed by atoms with E-state index in [4.69, 9.17) is 46.4 Å². The van der Waals surface area contributed by atoms with Crippen molar-refractivity contribution in [3.63, 3.8) is 0 Å². The van der Waals surface area contributed by atoms with Gasteiger partial charge in [0.2, 0.25) is 0 Å². The number of benzene rings is 2. The summed E-state index contributed by atoms with van der Waals surface area (Å²) in [5, 5.41) is 0. The van der Waals surface area contributed by atoms with Crippen molar-refractivity contribution in [1.29, 1.82) is 0 Å². The molecule has 2 aromatic carbocycles. The minimum absolute atomic E-state index is 0.582. The zero-order valence-corrected chi connectivity index (χ0v) is 13.9. The quantitative estimate of drug-likeness (QED) is 0.494. The lowest BCUT2D eigenvalue weighted by Gasteiger charge is -2.11. The standard InChI is InChI=1S/C14H10Cl4OS/c15-13(16)9-1-5-11(6-2-9)20(19)12-7-3-10(4-8-12)14(17)18/h1-8,13-14H. The van der Waals surface area contributed by atoms with Crippen LogP contribution in [0.3, 0.4) is 0 Å². The molecule has 0 spiro atoms. The Balaban J connectivity index is 2.19. The molecule has 0 aliphatic heterocycles. The van der Waals surface area contributed by atoms with E-state index in [2.05, 4.69) is 0 Å². The summed E-state index contributed by atoms with van der Waals surface area (Å²) in [6.45, 7) is 0. The van der Waals surface area contributed by atoms with Gasteiger partial charge in [0.15, 0.2) is 9.79 Å². The molecule has 0 unspecified atom stereocenters. The summed E-state index contributed by atoms with van der Waals surface area (Å²) < 4.78 is 12.4. The van der Waals surface area contributed by atoms with Crippen LogP contribution in [0, 0.1) is 0 Å². The highest BCUT2D eigenvalue weighted by molar-refractivity contribution is 7.91. The number of hydrogen-bond donors (Lipinski definition) is 0. The molecular formula is C14H10Cl4OS. The molecule has 0 radical (unpaired) electrons. The topological polar surface area (TPSA) is 23.1 Å². The Bertz CT molecular complexity index is 503. The highest BCUT2D eigenvalue weighted by Crippen LogP contribution is 2.29. The van der Waals surface area contributed by atoms with Gasteiger partial charge in [0.05, 0.1) is 0 Å². The highest BCUT2D eigenvalue weighted by Gasteiger charge is 2.16. The van der Waals surface area contributed by atoms with E-state index in [1.807, 2.05) is 0 Å². The lowest BCUT2D eigenvalue weighted by molar-refractivity contribution is 0.595. The number of rotatable bonds is 4. The third-order valence-electron chi connectivity index (χ3n) is 2.69. The highest BCUT2D eigenvalue weighted by atomic mass is 35.5. The SMILES string of the molecule is [O-][S+](c1ccc(C(Cl)Cl)cc1)c1ccc(C(Cl)Cl)cc1. The normalized spacial score (nSPS) is 11.6. The van der Waals surface area contributed by atoms with E-state index in [9.17, 15) is 4.55 Å². The van der Waals surface area contributed by atoms with E-state index in [-0.39, 0.29) is 0 Å². The van der Waals surface area contributed by atoms with Crippen LogP contribution in [-0.2, 0) is 11.2 Å². The van der Waals surface area contributed by atoms with Gasteiger partial charge in [-0.1, -0.05) is 24.3 Å². The van der Waals surface area contributed by atoms with E-state index in [0.717, 1.165) is 11.1 Å². The zero-order chi connectivity index (χ0) is 14.7. The van der Waals surface area contributed by atoms with Gasteiger partial charge < -0.3 is 4.55 Å². The molecule has 0 aromatic heterocycles. The van der Waals surface area contributed by atoms with Gasteiger partial charge in [0.25, 0.3) is 0 Å².